The lowest BCUT2D eigenvalue weighted by atomic mass is 9.96. The lowest BCUT2D eigenvalue weighted by Crippen LogP contribution is -2.84. The van der Waals surface area contributed by atoms with Crippen LogP contribution in [0.25, 0.3) is 5.65 Å². The Labute approximate surface area is 146 Å². The highest BCUT2D eigenvalue weighted by Crippen LogP contribution is 2.18. The second-order valence-corrected chi connectivity index (χ2v) is 6.78. The Morgan fingerprint density at radius 2 is 1.88 bits per heavy atom. The number of aryl methyl sites for hydroxylation is 1. The van der Waals surface area contributed by atoms with Crippen molar-refractivity contribution in [1.82, 2.24) is 9.38 Å². The van der Waals surface area contributed by atoms with E-state index in [0.717, 1.165) is 16.8 Å². The van der Waals surface area contributed by atoms with Gasteiger partial charge in [0, 0.05) is 23.7 Å². The van der Waals surface area contributed by atoms with E-state index in [9.17, 15) is 9.18 Å². The number of fused-ring (bicyclic) bond motifs is 1. The zero-order chi connectivity index (χ0) is 18.0. The summed E-state index contributed by atoms with van der Waals surface area (Å²) in [7, 11) is 0. The number of halogens is 1. The van der Waals surface area contributed by atoms with E-state index in [1.807, 2.05) is 31.2 Å². The summed E-state index contributed by atoms with van der Waals surface area (Å²) in [6.45, 7) is 6.81. The monoisotopic (exact) mass is 340 g/mol. The zero-order valence-corrected chi connectivity index (χ0v) is 14.7. The molecule has 130 valence electrons. The van der Waals surface area contributed by atoms with Gasteiger partial charge < -0.3 is 5.32 Å². The molecule has 5 heteroatoms. The molecule has 1 atom stereocenters. The van der Waals surface area contributed by atoms with Crippen LogP contribution in [-0.2, 0) is 6.54 Å². The Hall–Kier alpha value is -2.53. The number of hydrogen-bond acceptors (Lipinski definition) is 2. The molecular formula is C20H23FN3O+. The van der Waals surface area contributed by atoms with Crippen LogP contribution in [0.2, 0.25) is 0 Å². The van der Waals surface area contributed by atoms with Crippen molar-refractivity contribution in [3.8, 4) is 0 Å². The smallest absolute Gasteiger partial charge is 0.258 e. The third-order valence-electron chi connectivity index (χ3n) is 4.41. The zero-order valence-electron chi connectivity index (χ0n) is 14.7. The predicted molar refractivity (Wildman–Crippen MR) is 95.8 cm³/mol. The second-order valence-electron chi connectivity index (χ2n) is 6.78. The summed E-state index contributed by atoms with van der Waals surface area (Å²) in [6, 6.07) is 12.2. The fraction of sp³-hybridized carbons (Fsp3) is 0.300. The maximum atomic E-state index is 13.2. The van der Waals surface area contributed by atoms with E-state index in [0.29, 0.717) is 18.1 Å². The lowest BCUT2D eigenvalue weighted by Gasteiger charge is -2.19. The third kappa shape index (κ3) is 3.94. The number of nitrogens with zero attached hydrogens (tertiary/aromatic N) is 2. The summed E-state index contributed by atoms with van der Waals surface area (Å²) in [5.74, 6) is 0.139. The minimum absolute atomic E-state index is 0.0695. The van der Waals surface area contributed by atoms with Crippen LogP contribution in [0.3, 0.4) is 0 Å². The molecule has 1 aromatic carbocycles. The van der Waals surface area contributed by atoms with Gasteiger partial charge >= 0.3 is 0 Å². The van der Waals surface area contributed by atoms with Gasteiger partial charge in [-0.15, -0.1) is 0 Å². The number of quaternary nitrogens is 1. The van der Waals surface area contributed by atoms with Gasteiger partial charge in [-0.2, -0.15) is 0 Å². The van der Waals surface area contributed by atoms with E-state index in [4.69, 9.17) is 0 Å². The highest BCUT2D eigenvalue weighted by atomic mass is 19.1. The second kappa shape index (κ2) is 7.15. The van der Waals surface area contributed by atoms with E-state index in [2.05, 4.69) is 24.1 Å². The molecule has 25 heavy (non-hydrogen) atoms. The van der Waals surface area contributed by atoms with Crippen molar-refractivity contribution in [2.75, 3.05) is 0 Å². The molecule has 0 fully saturated rings. The van der Waals surface area contributed by atoms with Crippen molar-refractivity contribution in [2.45, 2.75) is 33.4 Å². The number of benzene rings is 1. The molecule has 0 unspecified atom stereocenters. The summed E-state index contributed by atoms with van der Waals surface area (Å²) < 4.78 is 14.7. The number of pyridine rings is 1. The summed E-state index contributed by atoms with van der Waals surface area (Å²) in [4.78, 5) is 16.9. The van der Waals surface area contributed by atoms with Crippen molar-refractivity contribution in [2.24, 2.45) is 5.92 Å². The first-order chi connectivity index (χ1) is 11.9. The lowest BCUT2D eigenvalue weighted by molar-refractivity contribution is -0.717. The average Bonchev–Trinajstić information content (AvgIpc) is 2.57. The van der Waals surface area contributed by atoms with Crippen LogP contribution in [0.4, 0.5) is 4.39 Å². The molecule has 3 rings (SSSR count). The molecule has 4 nitrogen and oxygen atoms in total. The summed E-state index contributed by atoms with van der Waals surface area (Å²) in [5, 5.41) is 2.16. The molecule has 0 saturated heterocycles. The van der Waals surface area contributed by atoms with Gasteiger partial charge in [-0.05, 0) is 30.7 Å². The number of rotatable bonds is 5. The molecule has 0 amide bonds. The van der Waals surface area contributed by atoms with Crippen LogP contribution in [0, 0.1) is 18.7 Å². The van der Waals surface area contributed by atoms with Crippen LogP contribution in [0.15, 0.2) is 53.5 Å². The normalized spacial score (nSPS) is 12.7. The fourth-order valence-corrected chi connectivity index (χ4v) is 3.09. The molecular weight excluding hydrogens is 317 g/mol. The van der Waals surface area contributed by atoms with Crippen LogP contribution < -0.4 is 10.9 Å². The third-order valence-corrected chi connectivity index (χ3v) is 4.41. The molecule has 0 saturated carbocycles. The first-order valence-electron chi connectivity index (χ1n) is 8.52. The van der Waals surface area contributed by atoms with Crippen LogP contribution in [0.5, 0.6) is 0 Å². The highest BCUT2D eigenvalue weighted by Gasteiger charge is 2.19. The molecule has 3 aromatic rings. The van der Waals surface area contributed by atoms with Crippen LogP contribution >= 0.6 is 0 Å². The Bertz CT molecular complexity index is 932. The van der Waals surface area contributed by atoms with Gasteiger partial charge in [-0.3, -0.25) is 9.20 Å². The quantitative estimate of drug-likeness (QED) is 0.776. The number of hydrogen-bond donors (Lipinski definition) is 1. The van der Waals surface area contributed by atoms with Crippen LogP contribution in [0.1, 0.15) is 36.7 Å². The van der Waals surface area contributed by atoms with Gasteiger partial charge in [0.15, 0.2) is 0 Å². The van der Waals surface area contributed by atoms with Gasteiger partial charge in [0.1, 0.15) is 29.7 Å². The van der Waals surface area contributed by atoms with Gasteiger partial charge in [0.2, 0.25) is 0 Å². The summed E-state index contributed by atoms with van der Waals surface area (Å²) in [5.41, 5.74) is 3.43. The number of aromatic nitrogens is 2. The van der Waals surface area contributed by atoms with E-state index in [1.54, 1.807) is 16.7 Å². The highest BCUT2D eigenvalue weighted by molar-refractivity contribution is 5.39. The van der Waals surface area contributed by atoms with Gasteiger partial charge in [-0.1, -0.05) is 32.0 Å². The average molecular weight is 340 g/mol. The molecule has 0 spiro atoms. The molecule has 0 aliphatic heterocycles. The van der Waals surface area contributed by atoms with E-state index < -0.39 is 0 Å². The molecule has 2 N–H and O–H groups in total. The standard InChI is InChI=1S/C20H22FN3O/c1-13(2)20(15-5-7-16(21)8-6-15)22-11-17-10-19(25)24-12-14(3)4-9-18(24)23-17/h4-10,12-13,20,22H,11H2,1-3H3/p+1/t20-/m0/s1. The van der Waals surface area contributed by atoms with Crippen molar-refractivity contribution in [3.63, 3.8) is 0 Å². The van der Waals surface area contributed by atoms with E-state index >= 15 is 0 Å². The minimum Gasteiger partial charge on any atom is -0.335 e. The van der Waals surface area contributed by atoms with Crippen molar-refractivity contribution < 1.29 is 9.71 Å². The maximum absolute atomic E-state index is 13.2. The van der Waals surface area contributed by atoms with Crippen molar-refractivity contribution >= 4 is 5.65 Å². The Morgan fingerprint density at radius 1 is 1.16 bits per heavy atom. The Morgan fingerprint density at radius 3 is 2.56 bits per heavy atom. The largest absolute Gasteiger partial charge is 0.335 e. The van der Waals surface area contributed by atoms with E-state index in [1.165, 1.54) is 12.1 Å². The SMILES string of the molecule is Cc1ccc2nc(C[NH2+][C@H](c3ccc(F)cc3)C(C)C)cc(=O)n2c1. The Balaban J connectivity index is 1.83. The molecule has 0 bridgehead atoms. The van der Waals surface area contributed by atoms with Crippen molar-refractivity contribution in [3.05, 3.63) is 81.7 Å². The predicted octanol–water partition coefficient (Wildman–Crippen LogP) is 2.60. The summed E-state index contributed by atoms with van der Waals surface area (Å²) >= 11 is 0. The van der Waals surface area contributed by atoms with Gasteiger partial charge in [-0.25, -0.2) is 9.37 Å². The van der Waals surface area contributed by atoms with Crippen LogP contribution in [-0.4, -0.2) is 9.38 Å². The van der Waals surface area contributed by atoms with Gasteiger partial charge in [0.25, 0.3) is 5.56 Å². The Kier molecular flexibility index (Phi) is 4.95. The van der Waals surface area contributed by atoms with Gasteiger partial charge in [0.05, 0.1) is 0 Å². The first kappa shape index (κ1) is 17.3. The van der Waals surface area contributed by atoms with E-state index in [-0.39, 0.29) is 17.4 Å². The van der Waals surface area contributed by atoms with Crippen molar-refractivity contribution in [1.29, 1.82) is 0 Å². The number of nitrogens with two attached hydrogens (primary N) is 1. The topological polar surface area (TPSA) is 51.0 Å². The molecule has 0 radical (unpaired) electrons. The minimum atomic E-state index is -0.231. The first-order valence-corrected chi connectivity index (χ1v) is 8.52. The molecule has 2 aromatic heterocycles. The molecule has 0 aliphatic carbocycles. The summed E-state index contributed by atoms with van der Waals surface area (Å²) in [6.07, 6.45) is 1.80. The molecule has 0 aliphatic rings. The molecule has 2 heterocycles. The fourth-order valence-electron chi connectivity index (χ4n) is 3.09. The maximum Gasteiger partial charge on any atom is 0.258 e.